The Morgan fingerprint density at radius 3 is 2.55 bits per heavy atom. The Kier molecular flexibility index (Phi) is 3.17. The van der Waals surface area contributed by atoms with Crippen LogP contribution in [-0.2, 0) is 0 Å². The molecule has 0 fully saturated rings. The normalized spacial score (nSPS) is 17.5. The van der Waals surface area contributed by atoms with Crippen LogP contribution in [-0.4, -0.2) is 11.0 Å². The topological polar surface area (TPSA) is 40.5 Å². The highest BCUT2D eigenvalue weighted by Gasteiger charge is 2.38. The van der Waals surface area contributed by atoms with Crippen LogP contribution in [0.5, 0.6) is 0 Å². The van der Waals surface area contributed by atoms with Crippen LogP contribution in [0, 0.1) is 5.82 Å². The van der Waals surface area contributed by atoms with Crippen molar-refractivity contribution in [3.05, 3.63) is 63.4 Å². The molecule has 0 bridgehead atoms. The summed E-state index contributed by atoms with van der Waals surface area (Å²) in [7, 11) is 0. The van der Waals surface area contributed by atoms with Crippen molar-refractivity contribution in [2.75, 3.05) is 4.90 Å². The van der Waals surface area contributed by atoms with Crippen molar-refractivity contribution in [3.63, 3.8) is 0 Å². The summed E-state index contributed by atoms with van der Waals surface area (Å²) in [5.74, 6) is -1.32. The maximum absolute atomic E-state index is 14.2. The molecule has 102 valence electrons. The van der Waals surface area contributed by atoms with Crippen molar-refractivity contribution >= 4 is 34.8 Å². The van der Waals surface area contributed by atoms with Gasteiger partial charge in [0.1, 0.15) is 0 Å². The third-order valence-electron chi connectivity index (χ3n) is 3.21. The molecule has 0 aliphatic carbocycles. The van der Waals surface area contributed by atoms with Gasteiger partial charge in [0.25, 0.3) is 5.91 Å². The summed E-state index contributed by atoms with van der Waals surface area (Å²) < 4.78 is 14.2. The fraction of sp³-hybridized carbons (Fsp3) is 0.0714. The fourth-order valence-corrected chi connectivity index (χ4v) is 2.55. The molecule has 0 saturated heterocycles. The highest BCUT2D eigenvalue weighted by atomic mass is 35.5. The summed E-state index contributed by atoms with van der Waals surface area (Å²) in [5, 5.41) is 9.98. The van der Waals surface area contributed by atoms with Gasteiger partial charge in [0, 0.05) is 11.1 Å². The third-order valence-corrected chi connectivity index (χ3v) is 3.99. The second-order valence-electron chi connectivity index (χ2n) is 4.33. The van der Waals surface area contributed by atoms with E-state index in [0.717, 1.165) is 4.90 Å². The molecule has 2 aromatic carbocycles. The summed E-state index contributed by atoms with van der Waals surface area (Å²) in [6.07, 6.45) is -1.24. The van der Waals surface area contributed by atoms with Gasteiger partial charge in [-0.15, -0.1) is 0 Å². The van der Waals surface area contributed by atoms with Crippen molar-refractivity contribution < 1.29 is 14.3 Å². The Morgan fingerprint density at radius 2 is 1.85 bits per heavy atom. The van der Waals surface area contributed by atoms with Gasteiger partial charge in [0.05, 0.1) is 15.7 Å². The molecule has 3 nitrogen and oxygen atoms in total. The zero-order chi connectivity index (χ0) is 14.4. The third kappa shape index (κ3) is 1.80. The summed E-state index contributed by atoms with van der Waals surface area (Å²) in [4.78, 5) is 13.2. The molecule has 0 radical (unpaired) electrons. The average molecular weight is 312 g/mol. The zero-order valence-corrected chi connectivity index (χ0v) is 11.5. The average Bonchev–Trinajstić information content (AvgIpc) is 2.70. The van der Waals surface area contributed by atoms with Crippen molar-refractivity contribution in [3.8, 4) is 0 Å². The molecule has 0 aromatic heterocycles. The summed E-state index contributed by atoms with van der Waals surface area (Å²) >= 11 is 11.5. The van der Waals surface area contributed by atoms with Crippen LogP contribution in [0.2, 0.25) is 10.0 Å². The van der Waals surface area contributed by atoms with E-state index >= 15 is 0 Å². The Hall–Kier alpha value is -1.62. The molecule has 20 heavy (non-hydrogen) atoms. The van der Waals surface area contributed by atoms with E-state index in [1.54, 1.807) is 24.3 Å². The number of carbonyl (C=O) groups is 1. The first kappa shape index (κ1) is 13.4. The lowest BCUT2D eigenvalue weighted by Gasteiger charge is -2.22. The highest BCUT2D eigenvalue weighted by molar-refractivity contribution is 6.42. The highest BCUT2D eigenvalue weighted by Crippen LogP contribution is 2.40. The molecular weight excluding hydrogens is 304 g/mol. The number of benzene rings is 2. The predicted molar refractivity (Wildman–Crippen MR) is 74.6 cm³/mol. The molecule has 2 aromatic rings. The smallest absolute Gasteiger partial charge is 0.261 e. The van der Waals surface area contributed by atoms with Gasteiger partial charge >= 0.3 is 0 Å². The van der Waals surface area contributed by atoms with Crippen LogP contribution >= 0.6 is 23.2 Å². The van der Waals surface area contributed by atoms with Crippen LogP contribution in [0.25, 0.3) is 0 Å². The lowest BCUT2D eigenvalue weighted by atomic mass is 10.1. The minimum Gasteiger partial charge on any atom is -0.369 e. The first-order valence-corrected chi connectivity index (χ1v) is 6.52. The van der Waals surface area contributed by atoms with Crippen LogP contribution in [0.4, 0.5) is 10.1 Å². The van der Waals surface area contributed by atoms with Gasteiger partial charge in [-0.3, -0.25) is 9.69 Å². The maximum Gasteiger partial charge on any atom is 0.261 e. The quantitative estimate of drug-likeness (QED) is 0.814. The van der Waals surface area contributed by atoms with Gasteiger partial charge in [0.15, 0.2) is 12.0 Å². The molecule has 1 unspecified atom stereocenters. The molecule has 0 saturated carbocycles. The molecule has 1 heterocycles. The Labute approximate surface area is 124 Å². The van der Waals surface area contributed by atoms with E-state index in [1.165, 1.54) is 12.1 Å². The molecule has 1 atom stereocenters. The van der Waals surface area contributed by atoms with Crippen molar-refractivity contribution in [2.45, 2.75) is 6.23 Å². The Bertz CT molecular complexity index is 720. The van der Waals surface area contributed by atoms with E-state index in [-0.39, 0.29) is 15.7 Å². The van der Waals surface area contributed by atoms with Gasteiger partial charge in [-0.1, -0.05) is 41.4 Å². The SMILES string of the molecule is O=C1c2ccccc2C(O)N1c1ccc(Cl)c(Cl)c1F. The van der Waals surface area contributed by atoms with Crippen LogP contribution in [0.1, 0.15) is 22.1 Å². The number of aliphatic hydroxyl groups is 1. The lowest BCUT2D eigenvalue weighted by Crippen LogP contribution is -2.28. The second-order valence-corrected chi connectivity index (χ2v) is 5.12. The van der Waals surface area contributed by atoms with Crippen LogP contribution in [0.15, 0.2) is 36.4 Å². The molecule has 1 aliphatic rings. The standard InChI is InChI=1S/C14H8Cl2FNO2/c15-9-5-6-10(12(17)11(9)16)18-13(19)7-3-1-2-4-8(7)14(18)20/h1-6,13,19H. The van der Waals surface area contributed by atoms with Gasteiger partial charge in [-0.05, 0) is 18.2 Å². The van der Waals surface area contributed by atoms with E-state index in [0.29, 0.717) is 11.1 Å². The van der Waals surface area contributed by atoms with E-state index in [1.807, 2.05) is 0 Å². The lowest BCUT2D eigenvalue weighted by molar-refractivity contribution is 0.0933. The van der Waals surface area contributed by atoms with Gasteiger partial charge in [-0.2, -0.15) is 0 Å². The second kappa shape index (κ2) is 4.74. The molecule has 0 spiro atoms. The number of halogens is 3. The van der Waals surface area contributed by atoms with Crippen molar-refractivity contribution in [1.82, 2.24) is 0 Å². The summed E-state index contributed by atoms with van der Waals surface area (Å²) in [6.45, 7) is 0. The Morgan fingerprint density at radius 1 is 1.15 bits per heavy atom. The van der Waals surface area contributed by atoms with Gasteiger partial charge in [-0.25, -0.2) is 4.39 Å². The number of carbonyl (C=O) groups excluding carboxylic acids is 1. The maximum atomic E-state index is 14.2. The number of aliphatic hydroxyl groups excluding tert-OH is 1. The zero-order valence-electron chi connectivity index (χ0n) is 9.98. The summed E-state index contributed by atoms with van der Waals surface area (Å²) in [5.41, 5.74) is 0.668. The molecule has 3 rings (SSSR count). The van der Waals surface area contributed by atoms with E-state index < -0.39 is 18.0 Å². The summed E-state index contributed by atoms with van der Waals surface area (Å²) in [6, 6.07) is 9.27. The minimum absolute atomic E-state index is 0.0477. The number of hydrogen-bond acceptors (Lipinski definition) is 2. The molecule has 6 heteroatoms. The van der Waals surface area contributed by atoms with E-state index in [9.17, 15) is 14.3 Å². The van der Waals surface area contributed by atoms with Crippen molar-refractivity contribution in [2.24, 2.45) is 0 Å². The fourth-order valence-electron chi connectivity index (χ4n) is 2.24. The van der Waals surface area contributed by atoms with Gasteiger partial charge in [0.2, 0.25) is 0 Å². The number of fused-ring (bicyclic) bond motifs is 1. The Balaban J connectivity index is 2.14. The monoisotopic (exact) mass is 311 g/mol. The number of anilines is 1. The van der Waals surface area contributed by atoms with E-state index in [4.69, 9.17) is 23.2 Å². The number of amides is 1. The number of hydrogen-bond donors (Lipinski definition) is 1. The molecular formula is C14H8Cl2FNO2. The van der Waals surface area contributed by atoms with Crippen LogP contribution in [0.3, 0.4) is 0 Å². The first-order chi connectivity index (χ1) is 9.52. The predicted octanol–water partition coefficient (Wildman–Crippen LogP) is 3.78. The minimum atomic E-state index is -1.24. The number of rotatable bonds is 1. The first-order valence-electron chi connectivity index (χ1n) is 5.76. The van der Waals surface area contributed by atoms with Gasteiger partial charge < -0.3 is 5.11 Å². The largest absolute Gasteiger partial charge is 0.369 e. The number of nitrogens with zero attached hydrogens (tertiary/aromatic N) is 1. The molecule has 1 aliphatic heterocycles. The molecule has 1 amide bonds. The van der Waals surface area contributed by atoms with E-state index in [2.05, 4.69) is 0 Å². The molecule has 1 N–H and O–H groups in total. The van der Waals surface area contributed by atoms with Crippen LogP contribution < -0.4 is 4.90 Å². The van der Waals surface area contributed by atoms with Crippen molar-refractivity contribution in [1.29, 1.82) is 0 Å².